The van der Waals surface area contributed by atoms with Gasteiger partial charge in [-0.15, -0.1) is 12.4 Å². The molecule has 31 heavy (non-hydrogen) atoms. The number of carbonyl (C=O) groups is 2. The number of hydrogen-bond donors (Lipinski definition) is 1. The molecule has 0 radical (unpaired) electrons. The third kappa shape index (κ3) is 5.48. The number of pyridine rings is 1. The number of anilines is 1. The number of rotatable bonds is 6. The first-order valence-electron chi connectivity index (χ1n) is 8.65. The SMILES string of the molecule is CCCN(C(=O)c1cc(Br)nn1-c1ncccc1Cl)c1c(Br)cc(Br)cc1C(=O)O.Cl. The second kappa shape index (κ2) is 10.9. The number of amides is 1. The van der Waals surface area contributed by atoms with E-state index in [1.54, 1.807) is 30.5 Å². The molecule has 164 valence electrons. The number of hydrogen-bond acceptors (Lipinski definition) is 4. The average Bonchev–Trinajstić information content (AvgIpc) is 3.07. The lowest BCUT2D eigenvalue weighted by molar-refractivity contribution is 0.0697. The fraction of sp³-hybridized carbons (Fsp3) is 0.158. The Morgan fingerprint density at radius 3 is 2.55 bits per heavy atom. The molecule has 7 nitrogen and oxygen atoms in total. The average molecular weight is 658 g/mol. The molecule has 3 aromatic rings. The van der Waals surface area contributed by atoms with Gasteiger partial charge in [-0.25, -0.2) is 14.5 Å². The maximum Gasteiger partial charge on any atom is 0.337 e. The van der Waals surface area contributed by atoms with Crippen LogP contribution in [0.5, 0.6) is 0 Å². The van der Waals surface area contributed by atoms with Crippen LogP contribution >= 0.6 is 71.8 Å². The lowest BCUT2D eigenvalue weighted by atomic mass is 10.1. The van der Waals surface area contributed by atoms with Crippen molar-refractivity contribution in [2.24, 2.45) is 0 Å². The second-order valence-corrected chi connectivity index (χ2v) is 9.11. The van der Waals surface area contributed by atoms with E-state index in [2.05, 4.69) is 57.9 Å². The highest BCUT2D eigenvalue weighted by Gasteiger charge is 2.29. The van der Waals surface area contributed by atoms with Crippen molar-refractivity contribution < 1.29 is 14.7 Å². The molecule has 1 N–H and O–H groups in total. The molecule has 0 aliphatic carbocycles. The van der Waals surface area contributed by atoms with Gasteiger partial charge in [0, 0.05) is 27.8 Å². The summed E-state index contributed by atoms with van der Waals surface area (Å²) in [7, 11) is 0. The maximum absolute atomic E-state index is 13.6. The van der Waals surface area contributed by atoms with Crippen LogP contribution in [-0.2, 0) is 0 Å². The molecule has 0 saturated carbocycles. The Bertz CT molecular complexity index is 1140. The maximum atomic E-state index is 13.6. The predicted octanol–water partition coefficient (Wildman–Crippen LogP) is 6.39. The Morgan fingerprint density at radius 2 is 1.94 bits per heavy atom. The molecule has 0 aliphatic rings. The fourth-order valence-corrected chi connectivity index (χ4v) is 4.90. The van der Waals surface area contributed by atoms with Crippen molar-refractivity contribution in [1.82, 2.24) is 14.8 Å². The Hall–Kier alpha value is -1.46. The topological polar surface area (TPSA) is 88.3 Å². The van der Waals surface area contributed by atoms with Crippen molar-refractivity contribution in [2.45, 2.75) is 13.3 Å². The summed E-state index contributed by atoms with van der Waals surface area (Å²) >= 11 is 16.3. The Morgan fingerprint density at radius 1 is 1.23 bits per heavy atom. The zero-order valence-electron chi connectivity index (χ0n) is 15.9. The molecule has 0 bridgehead atoms. The van der Waals surface area contributed by atoms with Crippen LogP contribution in [0.25, 0.3) is 5.82 Å². The Balaban J connectivity index is 0.00000341. The van der Waals surface area contributed by atoms with Crippen LogP contribution in [0.2, 0.25) is 5.02 Å². The van der Waals surface area contributed by atoms with E-state index in [4.69, 9.17) is 11.6 Å². The number of carboxylic acids is 1. The minimum Gasteiger partial charge on any atom is -0.478 e. The molecule has 0 aliphatic heterocycles. The lowest BCUT2D eigenvalue weighted by Gasteiger charge is -2.25. The summed E-state index contributed by atoms with van der Waals surface area (Å²) in [4.78, 5) is 31.2. The number of aromatic nitrogens is 3. The molecule has 2 heterocycles. The minimum absolute atomic E-state index is 0. The molecule has 0 saturated heterocycles. The first-order chi connectivity index (χ1) is 14.2. The summed E-state index contributed by atoms with van der Waals surface area (Å²) < 4.78 is 2.80. The molecular weight excluding hydrogens is 643 g/mol. The Labute approximate surface area is 214 Å². The Kier molecular flexibility index (Phi) is 9.08. The molecular formula is C19H15Br3Cl2N4O3. The van der Waals surface area contributed by atoms with Crippen LogP contribution in [0.15, 0.2) is 50.1 Å². The van der Waals surface area contributed by atoms with Crippen molar-refractivity contribution in [1.29, 1.82) is 0 Å². The van der Waals surface area contributed by atoms with Gasteiger partial charge in [0.1, 0.15) is 10.3 Å². The molecule has 0 atom stereocenters. The molecule has 12 heteroatoms. The van der Waals surface area contributed by atoms with Gasteiger partial charge in [-0.3, -0.25) is 4.79 Å². The van der Waals surface area contributed by atoms with Gasteiger partial charge in [0.05, 0.1) is 16.3 Å². The molecule has 0 spiro atoms. The quantitative estimate of drug-likeness (QED) is 0.332. The van der Waals surface area contributed by atoms with Crippen molar-refractivity contribution in [2.75, 3.05) is 11.4 Å². The van der Waals surface area contributed by atoms with Crippen molar-refractivity contribution in [3.05, 3.63) is 66.4 Å². The van der Waals surface area contributed by atoms with Gasteiger partial charge in [0.2, 0.25) is 0 Å². The highest BCUT2D eigenvalue weighted by atomic mass is 79.9. The summed E-state index contributed by atoms with van der Waals surface area (Å²) in [6, 6.07) is 8.02. The van der Waals surface area contributed by atoms with Crippen LogP contribution in [0.1, 0.15) is 34.2 Å². The third-order valence-corrected chi connectivity index (χ3v) is 5.80. The van der Waals surface area contributed by atoms with Gasteiger partial charge in [0.15, 0.2) is 5.82 Å². The third-order valence-electron chi connectivity index (χ3n) is 4.06. The van der Waals surface area contributed by atoms with E-state index < -0.39 is 11.9 Å². The number of nitrogens with zero attached hydrogens (tertiary/aromatic N) is 4. The van der Waals surface area contributed by atoms with Gasteiger partial charge in [0.25, 0.3) is 5.91 Å². The summed E-state index contributed by atoms with van der Waals surface area (Å²) in [6.45, 7) is 2.19. The molecule has 3 rings (SSSR count). The summed E-state index contributed by atoms with van der Waals surface area (Å²) in [5.74, 6) is -1.30. The van der Waals surface area contributed by atoms with E-state index in [9.17, 15) is 14.7 Å². The summed E-state index contributed by atoms with van der Waals surface area (Å²) in [5.41, 5.74) is 0.426. The molecule has 1 amide bonds. The van der Waals surface area contributed by atoms with Gasteiger partial charge >= 0.3 is 5.97 Å². The number of halogens is 5. The van der Waals surface area contributed by atoms with E-state index in [0.29, 0.717) is 25.0 Å². The standard InChI is InChI=1S/C19H14Br3ClN4O3.ClH/c1-2-6-26(16-11(19(29)30)7-10(20)8-12(16)21)18(28)14-9-15(22)25-27(14)17-13(23)4-3-5-24-17;/h3-5,7-9H,2,6H2,1H3,(H,29,30);1H. The van der Waals surface area contributed by atoms with Gasteiger partial charge in [-0.2, -0.15) is 5.10 Å². The van der Waals surface area contributed by atoms with E-state index in [1.165, 1.54) is 15.6 Å². The zero-order chi connectivity index (χ0) is 22.0. The van der Waals surface area contributed by atoms with Crippen LogP contribution in [0.4, 0.5) is 5.69 Å². The highest BCUT2D eigenvalue weighted by molar-refractivity contribution is 9.11. The minimum atomic E-state index is -1.15. The first kappa shape index (κ1) is 25.8. The largest absolute Gasteiger partial charge is 0.478 e. The highest BCUT2D eigenvalue weighted by Crippen LogP contribution is 2.35. The fourth-order valence-electron chi connectivity index (χ4n) is 2.88. The normalized spacial score (nSPS) is 10.5. The smallest absolute Gasteiger partial charge is 0.337 e. The monoisotopic (exact) mass is 654 g/mol. The molecule has 0 fully saturated rings. The van der Waals surface area contributed by atoms with Crippen LogP contribution in [0, 0.1) is 0 Å². The predicted molar refractivity (Wildman–Crippen MR) is 132 cm³/mol. The number of benzene rings is 1. The molecule has 0 unspecified atom stereocenters. The van der Waals surface area contributed by atoms with Gasteiger partial charge in [-0.1, -0.05) is 34.5 Å². The van der Waals surface area contributed by atoms with Crippen LogP contribution in [0.3, 0.4) is 0 Å². The summed E-state index contributed by atoms with van der Waals surface area (Å²) in [6.07, 6.45) is 2.15. The van der Waals surface area contributed by atoms with Crippen LogP contribution in [-0.4, -0.2) is 38.3 Å². The lowest BCUT2D eigenvalue weighted by Crippen LogP contribution is -2.35. The van der Waals surface area contributed by atoms with Crippen molar-refractivity contribution >= 4 is 89.4 Å². The van der Waals surface area contributed by atoms with Gasteiger partial charge in [-0.05, 0) is 62.5 Å². The number of carboxylic acid groups (broad SMARTS) is 1. The summed E-state index contributed by atoms with van der Waals surface area (Å²) in [5, 5.41) is 14.3. The van der Waals surface area contributed by atoms with Crippen molar-refractivity contribution in [3.8, 4) is 5.82 Å². The van der Waals surface area contributed by atoms with E-state index in [0.717, 1.165) is 0 Å². The molecule has 2 aromatic heterocycles. The zero-order valence-corrected chi connectivity index (χ0v) is 22.2. The van der Waals surface area contributed by atoms with Gasteiger partial charge < -0.3 is 10.0 Å². The number of carbonyl (C=O) groups excluding carboxylic acids is 1. The van der Waals surface area contributed by atoms with Crippen molar-refractivity contribution in [3.63, 3.8) is 0 Å². The van der Waals surface area contributed by atoms with Crippen LogP contribution < -0.4 is 4.90 Å². The van der Waals surface area contributed by atoms with E-state index in [-0.39, 0.29) is 41.7 Å². The second-order valence-electron chi connectivity index (χ2n) is 6.12. The number of aromatic carboxylic acids is 1. The first-order valence-corrected chi connectivity index (χ1v) is 11.4. The van der Waals surface area contributed by atoms with E-state index in [1.807, 2.05) is 6.92 Å². The molecule has 1 aromatic carbocycles. The van der Waals surface area contributed by atoms with E-state index >= 15 is 0 Å².